The monoisotopic (exact) mass is 318 g/mol. The molecule has 23 heavy (non-hydrogen) atoms. The molecule has 0 spiro atoms. The third-order valence-corrected chi connectivity index (χ3v) is 5.40. The molecule has 0 aromatic heterocycles. The highest BCUT2D eigenvalue weighted by Crippen LogP contribution is 2.39. The van der Waals surface area contributed by atoms with E-state index < -0.39 is 7.12 Å². The molecule has 0 N–H and O–H groups in total. The Balaban J connectivity index is 2.05. The zero-order chi connectivity index (χ0) is 16.8. The molecule has 4 nitrogen and oxygen atoms in total. The first kappa shape index (κ1) is 16.8. The summed E-state index contributed by atoms with van der Waals surface area (Å²) in [6, 6.07) is 2.27. The Morgan fingerprint density at radius 3 is 2.39 bits per heavy atom. The van der Waals surface area contributed by atoms with E-state index in [1.807, 2.05) is 0 Å². The molecule has 0 saturated carbocycles. The molecule has 0 radical (unpaired) electrons. The van der Waals surface area contributed by atoms with Crippen molar-refractivity contribution in [3.8, 4) is 5.75 Å². The van der Waals surface area contributed by atoms with E-state index in [4.69, 9.17) is 18.8 Å². The lowest BCUT2D eigenvalue weighted by molar-refractivity contribution is 0.00578. The molecule has 1 aliphatic carbocycles. The van der Waals surface area contributed by atoms with Gasteiger partial charge in [0.25, 0.3) is 0 Å². The summed E-state index contributed by atoms with van der Waals surface area (Å²) in [6.07, 6.45) is 3.33. The second-order valence-electron chi connectivity index (χ2n) is 7.57. The van der Waals surface area contributed by atoms with Crippen LogP contribution < -0.4 is 10.2 Å². The topological polar surface area (TPSA) is 36.9 Å². The van der Waals surface area contributed by atoms with Gasteiger partial charge in [-0.1, -0.05) is 6.07 Å². The molecule has 1 aliphatic heterocycles. The maximum Gasteiger partial charge on any atom is 0.498 e. The lowest BCUT2D eigenvalue weighted by atomic mass is 9.74. The first-order valence-electron chi connectivity index (χ1n) is 8.39. The van der Waals surface area contributed by atoms with Crippen LogP contribution in [0.25, 0.3) is 0 Å². The van der Waals surface area contributed by atoms with Gasteiger partial charge in [0, 0.05) is 12.6 Å². The quantitative estimate of drug-likeness (QED) is 0.632. The predicted molar refractivity (Wildman–Crippen MR) is 91.4 cm³/mol. The van der Waals surface area contributed by atoms with E-state index in [9.17, 15) is 0 Å². The molecule has 3 rings (SSSR count). The fraction of sp³-hybridized carbons (Fsp3) is 0.667. The number of hydrogen-bond acceptors (Lipinski definition) is 4. The molecule has 1 saturated heterocycles. The number of methoxy groups -OCH3 is 1. The second kappa shape index (κ2) is 5.80. The number of hydrogen-bond donors (Lipinski definition) is 0. The van der Waals surface area contributed by atoms with Crippen LogP contribution in [0.2, 0.25) is 0 Å². The van der Waals surface area contributed by atoms with E-state index in [0.717, 1.165) is 29.6 Å². The van der Waals surface area contributed by atoms with Gasteiger partial charge in [-0.2, -0.15) is 0 Å². The van der Waals surface area contributed by atoms with Gasteiger partial charge in [0.2, 0.25) is 0 Å². The molecule has 1 aromatic carbocycles. The highest BCUT2D eigenvalue weighted by Gasteiger charge is 2.53. The van der Waals surface area contributed by atoms with Gasteiger partial charge in [-0.3, -0.25) is 0 Å². The maximum atomic E-state index is 6.27. The second-order valence-corrected chi connectivity index (χ2v) is 7.57. The van der Waals surface area contributed by atoms with Crippen LogP contribution in [-0.4, -0.2) is 32.2 Å². The van der Waals surface area contributed by atoms with Crippen LogP contribution in [0.3, 0.4) is 0 Å². The molecule has 1 aromatic rings. The van der Waals surface area contributed by atoms with Gasteiger partial charge in [-0.05, 0) is 70.6 Å². The van der Waals surface area contributed by atoms with Crippen molar-refractivity contribution in [1.82, 2.24) is 0 Å². The Hall–Kier alpha value is -1.04. The van der Waals surface area contributed by atoms with E-state index in [-0.39, 0.29) is 18.0 Å². The molecule has 2 aliphatic rings. The van der Waals surface area contributed by atoms with E-state index >= 15 is 0 Å². The summed E-state index contributed by atoms with van der Waals surface area (Å²) in [4.78, 5) is 0. The standard InChI is InChI=1S/C18H27BO4/c1-12-10-13-8-7-9-14(13)16(21-11-20-6)15(12)19-22-17(2,3)18(4,5)23-19/h10H,7-9,11H2,1-6H3. The summed E-state index contributed by atoms with van der Waals surface area (Å²) >= 11 is 0. The van der Waals surface area contributed by atoms with Crippen molar-refractivity contribution in [2.24, 2.45) is 0 Å². The number of fused-ring (bicyclic) bond motifs is 1. The Kier molecular flexibility index (Phi) is 4.24. The Morgan fingerprint density at radius 1 is 1.13 bits per heavy atom. The number of rotatable bonds is 4. The Bertz CT molecular complexity index is 594. The van der Waals surface area contributed by atoms with E-state index in [0.29, 0.717) is 0 Å². The lowest BCUT2D eigenvalue weighted by Crippen LogP contribution is -2.41. The fourth-order valence-electron chi connectivity index (χ4n) is 3.40. The van der Waals surface area contributed by atoms with Gasteiger partial charge >= 0.3 is 7.12 Å². The van der Waals surface area contributed by atoms with Crippen molar-refractivity contribution in [1.29, 1.82) is 0 Å². The van der Waals surface area contributed by atoms with Crippen LogP contribution in [-0.2, 0) is 26.9 Å². The molecule has 0 bridgehead atoms. The highest BCUT2D eigenvalue weighted by atomic mass is 16.7. The van der Waals surface area contributed by atoms with Crippen LogP contribution in [0.5, 0.6) is 5.75 Å². The molecule has 0 amide bonds. The zero-order valence-electron chi connectivity index (χ0n) is 15.1. The number of ether oxygens (including phenoxy) is 2. The largest absolute Gasteiger partial charge is 0.498 e. The van der Waals surface area contributed by atoms with Gasteiger partial charge in [-0.15, -0.1) is 0 Å². The van der Waals surface area contributed by atoms with Crippen molar-refractivity contribution >= 4 is 12.6 Å². The molecular weight excluding hydrogens is 291 g/mol. The average Bonchev–Trinajstić information content (AvgIpc) is 2.97. The van der Waals surface area contributed by atoms with Crippen molar-refractivity contribution in [3.05, 3.63) is 22.8 Å². The number of benzene rings is 1. The van der Waals surface area contributed by atoms with Crippen LogP contribution in [0.1, 0.15) is 50.8 Å². The average molecular weight is 318 g/mol. The van der Waals surface area contributed by atoms with Crippen molar-refractivity contribution in [3.63, 3.8) is 0 Å². The van der Waals surface area contributed by atoms with Crippen molar-refractivity contribution in [2.75, 3.05) is 13.9 Å². The predicted octanol–water partition coefficient (Wildman–Crippen LogP) is 2.77. The molecule has 0 unspecified atom stereocenters. The van der Waals surface area contributed by atoms with E-state index in [1.54, 1.807) is 7.11 Å². The van der Waals surface area contributed by atoms with Gasteiger partial charge < -0.3 is 18.8 Å². The lowest BCUT2D eigenvalue weighted by Gasteiger charge is -2.32. The summed E-state index contributed by atoms with van der Waals surface area (Å²) in [6.45, 7) is 10.6. The van der Waals surface area contributed by atoms with Crippen molar-refractivity contribution in [2.45, 2.75) is 65.1 Å². The van der Waals surface area contributed by atoms with Crippen LogP contribution in [0, 0.1) is 6.92 Å². The minimum atomic E-state index is -0.405. The molecule has 126 valence electrons. The van der Waals surface area contributed by atoms with E-state index in [1.165, 1.54) is 17.5 Å². The summed E-state index contributed by atoms with van der Waals surface area (Å²) in [5, 5.41) is 0. The minimum Gasteiger partial charge on any atom is -0.468 e. The summed E-state index contributed by atoms with van der Waals surface area (Å²) in [7, 11) is 1.24. The summed E-state index contributed by atoms with van der Waals surface area (Å²) in [5.74, 6) is 0.901. The van der Waals surface area contributed by atoms with Gasteiger partial charge in [0.15, 0.2) is 6.79 Å². The first-order valence-corrected chi connectivity index (χ1v) is 8.39. The normalized spacial score (nSPS) is 21.6. The molecule has 1 heterocycles. The molecular formula is C18H27BO4. The summed E-state index contributed by atoms with van der Waals surface area (Å²) < 4.78 is 23.7. The van der Waals surface area contributed by atoms with Crippen molar-refractivity contribution < 1.29 is 18.8 Å². The molecule has 0 atom stereocenters. The zero-order valence-corrected chi connectivity index (χ0v) is 15.1. The van der Waals surface area contributed by atoms with E-state index in [2.05, 4.69) is 40.7 Å². The smallest absolute Gasteiger partial charge is 0.468 e. The van der Waals surface area contributed by atoms with Gasteiger partial charge in [0.1, 0.15) is 5.75 Å². The Morgan fingerprint density at radius 2 is 1.78 bits per heavy atom. The molecule has 5 heteroatoms. The summed E-state index contributed by atoms with van der Waals surface area (Å²) in [5.41, 5.74) is 4.13. The van der Waals surface area contributed by atoms with Crippen LogP contribution in [0.4, 0.5) is 0 Å². The minimum absolute atomic E-state index is 0.238. The van der Waals surface area contributed by atoms with Gasteiger partial charge in [0.05, 0.1) is 11.2 Å². The Labute approximate surface area is 139 Å². The highest BCUT2D eigenvalue weighted by molar-refractivity contribution is 6.63. The fourth-order valence-corrected chi connectivity index (χ4v) is 3.40. The number of aryl methyl sites for hydroxylation is 2. The SMILES string of the molecule is COCOc1c2c(cc(C)c1B1OC(C)(C)C(C)(C)O1)CCC2. The van der Waals surface area contributed by atoms with Crippen LogP contribution in [0.15, 0.2) is 6.07 Å². The molecule has 1 fully saturated rings. The van der Waals surface area contributed by atoms with Crippen LogP contribution >= 0.6 is 0 Å². The maximum absolute atomic E-state index is 6.27. The third-order valence-electron chi connectivity index (χ3n) is 5.40. The van der Waals surface area contributed by atoms with Gasteiger partial charge in [-0.25, -0.2) is 0 Å². The first-order chi connectivity index (χ1) is 10.8. The third kappa shape index (κ3) is 2.79.